The molecule has 0 aliphatic carbocycles. The average molecular weight is 535 g/mol. The molecule has 2 heterocycles. The molecular formula is C21H22IN5O2S. The molecule has 0 spiro atoms. The number of nitrogens with zero attached hydrogens (tertiary/aromatic N) is 3. The van der Waals surface area contributed by atoms with Crippen LogP contribution in [0.3, 0.4) is 0 Å². The van der Waals surface area contributed by atoms with Gasteiger partial charge in [-0.05, 0) is 76.7 Å². The number of fused-ring (bicyclic) bond motifs is 1. The number of halogens is 1. The summed E-state index contributed by atoms with van der Waals surface area (Å²) in [7, 11) is 3.29. The van der Waals surface area contributed by atoms with Crippen LogP contribution in [-0.2, 0) is 6.42 Å². The predicted octanol–water partition coefficient (Wildman–Crippen LogP) is 3.40. The van der Waals surface area contributed by atoms with Crippen molar-refractivity contribution >= 4 is 45.9 Å². The van der Waals surface area contributed by atoms with E-state index in [1.165, 1.54) is 20.9 Å². The SMILES string of the molecule is COc1ccc(OC)c(SC2=NC3C(=C(N)N=CN3CCc3cccc(I)c3)N2)c1. The lowest BCUT2D eigenvalue weighted by Crippen LogP contribution is -2.40. The van der Waals surface area contributed by atoms with Crippen molar-refractivity contribution in [3.8, 4) is 11.5 Å². The Morgan fingerprint density at radius 1 is 1.20 bits per heavy atom. The van der Waals surface area contributed by atoms with Crippen LogP contribution in [0.5, 0.6) is 11.5 Å². The normalized spacial score (nSPS) is 17.5. The van der Waals surface area contributed by atoms with Gasteiger partial charge in [0.25, 0.3) is 0 Å². The third-order valence-electron chi connectivity index (χ3n) is 4.80. The van der Waals surface area contributed by atoms with Crippen molar-refractivity contribution in [2.75, 3.05) is 20.8 Å². The Morgan fingerprint density at radius 2 is 2.07 bits per heavy atom. The number of aliphatic imine (C=N–C) groups is 2. The number of rotatable bonds is 6. The summed E-state index contributed by atoms with van der Waals surface area (Å²) in [5.74, 6) is 1.98. The summed E-state index contributed by atoms with van der Waals surface area (Å²) in [5, 5.41) is 4.08. The van der Waals surface area contributed by atoms with Gasteiger partial charge in [-0.1, -0.05) is 12.1 Å². The first-order valence-electron chi connectivity index (χ1n) is 9.36. The van der Waals surface area contributed by atoms with E-state index in [1.54, 1.807) is 20.6 Å². The van der Waals surface area contributed by atoms with Crippen LogP contribution in [0.2, 0.25) is 0 Å². The van der Waals surface area contributed by atoms with Crippen molar-refractivity contribution < 1.29 is 9.47 Å². The van der Waals surface area contributed by atoms with Crippen molar-refractivity contribution in [3.63, 3.8) is 0 Å². The molecule has 0 fully saturated rings. The van der Waals surface area contributed by atoms with E-state index in [4.69, 9.17) is 20.2 Å². The number of amidine groups is 1. The lowest BCUT2D eigenvalue weighted by molar-refractivity contribution is 0.362. The van der Waals surface area contributed by atoms with Crippen LogP contribution in [0.1, 0.15) is 5.56 Å². The molecular weight excluding hydrogens is 513 g/mol. The number of benzene rings is 2. The number of hydrogen-bond acceptors (Lipinski definition) is 8. The van der Waals surface area contributed by atoms with E-state index in [0.717, 1.165) is 40.2 Å². The molecule has 0 amide bonds. The Balaban J connectivity index is 1.51. The first-order chi connectivity index (χ1) is 14.6. The largest absolute Gasteiger partial charge is 0.497 e. The fourth-order valence-corrected chi connectivity index (χ4v) is 4.80. The zero-order valence-corrected chi connectivity index (χ0v) is 19.6. The van der Waals surface area contributed by atoms with Gasteiger partial charge in [-0.2, -0.15) is 0 Å². The van der Waals surface area contributed by atoms with E-state index in [1.807, 2.05) is 18.2 Å². The molecule has 156 valence electrons. The van der Waals surface area contributed by atoms with E-state index < -0.39 is 0 Å². The van der Waals surface area contributed by atoms with Crippen molar-refractivity contribution in [1.29, 1.82) is 0 Å². The summed E-state index contributed by atoms with van der Waals surface area (Å²) in [6.07, 6.45) is 2.47. The second-order valence-corrected chi connectivity index (χ2v) is 8.99. The van der Waals surface area contributed by atoms with Crippen molar-refractivity contribution in [3.05, 3.63) is 63.1 Å². The topological polar surface area (TPSA) is 84.5 Å². The average Bonchev–Trinajstić information content (AvgIpc) is 3.18. The standard InChI is InChI=1S/C21H22IN5O2S/c1-28-15-6-7-16(29-2)17(11-15)30-21-25-18-19(23)24-12-27(20(18)26-21)9-8-13-4-3-5-14(22)10-13/h3-7,10-12,20H,8-9,23H2,1-2H3,(H,25,26). The molecule has 0 saturated carbocycles. The molecule has 2 aliphatic rings. The molecule has 2 aliphatic heterocycles. The van der Waals surface area contributed by atoms with Crippen molar-refractivity contribution in [2.45, 2.75) is 17.5 Å². The minimum absolute atomic E-state index is 0.204. The highest BCUT2D eigenvalue weighted by atomic mass is 127. The van der Waals surface area contributed by atoms with Crippen molar-refractivity contribution in [1.82, 2.24) is 10.2 Å². The van der Waals surface area contributed by atoms with Crippen molar-refractivity contribution in [2.24, 2.45) is 15.7 Å². The zero-order chi connectivity index (χ0) is 21.1. The van der Waals surface area contributed by atoms with Crippen LogP contribution in [0.25, 0.3) is 0 Å². The molecule has 9 heteroatoms. The first kappa shape index (κ1) is 20.9. The number of nitrogens with one attached hydrogen (secondary N) is 1. The fourth-order valence-electron chi connectivity index (χ4n) is 3.24. The first-order valence-corrected chi connectivity index (χ1v) is 11.3. The highest BCUT2D eigenvalue weighted by Gasteiger charge is 2.32. The van der Waals surface area contributed by atoms with Gasteiger partial charge in [-0.15, -0.1) is 0 Å². The van der Waals surface area contributed by atoms with Gasteiger partial charge in [0.05, 0.1) is 25.5 Å². The molecule has 0 bridgehead atoms. The molecule has 0 saturated heterocycles. The molecule has 2 aromatic rings. The Morgan fingerprint density at radius 3 is 2.83 bits per heavy atom. The van der Waals surface area contributed by atoms with Crippen LogP contribution in [-0.4, -0.2) is 43.3 Å². The van der Waals surface area contributed by atoms with Crippen LogP contribution in [0.4, 0.5) is 0 Å². The lowest BCUT2D eigenvalue weighted by atomic mass is 10.1. The molecule has 1 unspecified atom stereocenters. The van der Waals surface area contributed by atoms with E-state index >= 15 is 0 Å². The predicted molar refractivity (Wildman–Crippen MR) is 129 cm³/mol. The van der Waals surface area contributed by atoms with Gasteiger partial charge < -0.3 is 25.4 Å². The highest BCUT2D eigenvalue weighted by Crippen LogP contribution is 2.35. The maximum atomic E-state index is 6.13. The van der Waals surface area contributed by atoms with E-state index in [2.05, 4.69) is 62.1 Å². The van der Waals surface area contributed by atoms with E-state index in [0.29, 0.717) is 5.82 Å². The molecule has 0 aromatic heterocycles. The molecule has 1 atom stereocenters. The maximum Gasteiger partial charge on any atom is 0.169 e. The van der Waals surface area contributed by atoms with Gasteiger partial charge in [0.15, 0.2) is 11.3 Å². The van der Waals surface area contributed by atoms with E-state index in [-0.39, 0.29) is 6.17 Å². The number of methoxy groups -OCH3 is 2. The Hall–Kier alpha value is -2.40. The molecule has 7 nitrogen and oxygen atoms in total. The summed E-state index contributed by atoms with van der Waals surface area (Å²) >= 11 is 3.81. The molecule has 30 heavy (non-hydrogen) atoms. The smallest absolute Gasteiger partial charge is 0.169 e. The molecule has 2 aromatic carbocycles. The van der Waals surface area contributed by atoms with E-state index in [9.17, 15) is 0 Å². The summed E-state index contributed by atoms with van der Waals surface area (Å²) in [5.41, 5.74) is 8.22. The second-order valence-electron chi connectivity index (χ2n) is 6.71. The minimum Gasteiger partial charge on any atom is -0.497 e. The van der Waals surface area contributed by atoms with Crippen LogP contribution in [0.15, 0.2) is 68.9 Å². The van der Waals surface area contributed by atoms with Gasteiger partial charge in [0, 0.05) is 10.1 Å². The van der Waals surface area contributed by atoms with Crippen LogP contribution < -0.4 is 20.5 Å². The van der Waals surface area contributed by atoms with Gasteiger partial charge in [0.2, 0.25) is 0 Å². The number of hydrogen-bond donors (Lipinski definition) is 2. The Kier molecular flexibility index (Phi) is 6.38. The number of nitrogens with two attached hydrogens (primary N) is 1. The number of ether oxygens (including phenoxy) is 2. The highest BCUT2D eigenvalue weighted by molar-refractivity contribution is 14.1. The monoisotopic (exact) mass is 535 g/mol. The quantitative estimate of drug-likeness (QED) is 0.552. The third kappa shape index (κ3) is 4.51. The molecule has 4 rings (SSSR count). The third-order valence-corrected chi connectivity index (χ3v) is 6.41. The van der Waals surface area contributed by atoms with Gasteiger partial charge in [-0.25, -0.2) is 9.98 Å². The van der Waals surface area contributed by atoms with Gasteiger partial charge >= 0.3 is 0 Å². The molecule has 3 N–H and O–H groups in total. The fraction of sp³-hybridized carbons (Fsp3) is 0.238. The summed E-state index contributed by atoms with van der Waals surface area (Å²) in [6.45, 7) is 0.788. The Bertz CT molecular complexity index is 1040. The summed E-state index contributed by atoms with van der Waals surface area (Å²) in [6, 6.07) is 14.2. The van der Waals surface area contributed by atoms with Gasteiger partial charge in [-0.3, -0.25) is 0 Å². The summed E-state index contributed by atoms with van der Waals surface area (Å²) < 4.78 is 12.1. The zero-order valence-electron chi connectivity index (χ0n) is 16.6. The van der Waals surface area contributed by atoms with Crippen LogP contribution >= 0.6 is 34.4 Å². The van der Waals surface area contributed by atoms with Gasteiger partial charge in [0.1, 0.15) is 23.0 Å². The maximum absolute atomic E-state index is 6.13. The Labute approximate surface area is 193 Å². The number of thioether (sulfide) groups is 1. The molecule has 0 radical (unpaired) electrons. The van der Waals surface area contributed by atoms with Crippen LogP contribution in [0, 0.1) is 3.57 Å². The second kappa shape index (κ2) is 9.17. The minimum atomic E-state index is -0.204. The lowest BCUT2D eigenvalue weighted by Gasteiger charge is -2.28. The summed E-state index contributed by atoms with van der Waals surface area (Å²) in [4.78, 5) is 12.2.